The van der Waals surface area contributed by atoms with Crippen LogP contribution in [-0.4, -0.2) is 60.1 Å². The molecule has 11 heteroatoms. The smallest absolute Gasteiger partial charge is 0.327 e. The molecule has 3 atom stereocenters. The van der Waals surface area contributed by atoms with Gasteiger partial charge in [-0.1, -0.05) is 12.1 Å². The van der Waals surface area contributed by atoms with Gasteiger partial charge in [0.05, 0.1) is 25.6 Å². The van der Waals surface area contributed by atoms with Crippen molar-refractivity contribution in [2.24, 2.45) is 5.92 Å². The Labute approximate surface area is 184 Å². The van der Waals surface area contributed by atoms with E-state index in [0.717, 1.165) is 0 Å². The highest BCUT2D eigenvalue weighted by Gasteiger charge is 2.39. The minimum atomic E-state index is -1.82. The summed E-state index contributed by atoms with van der Waals surface area (Å²) in [5, 5.41) is 14.2. The van der Waals surface area contributed by atoms with Gasteiger partial charge in [-0.05, 0) is 31.5 Å². The van der Waals surface area contributed by atoms with Crippen LogP contribution in [0.3, 0.4) is 0 Å². The highest BCUT2D eigenvalue weighted by Crippen LogP contribution is 2.15. The van der Waals surface area contributed by atoms with E-state index in [1.54, 1.807) is 6.92 Å². The van der Waals surface area contributed by atoms with Gasteiger partial charge in [0.1, 0.15) is 17.9 Å². The van der Waals surface area contributed by atoms with Gasteiger partial charge in [-0.15, -0.1) is 0 Å². The molecule has 1 aromatic carbocycles. The van der Waals surface area contributed by atoms with E-state index in [2.05, 4.69) is 10.6 Å². The average molecular weight is 454 g/mol. The van der Waals surface area contributed by atoms with Gasteiger partial charge in [0, 0.05) is 13.3 Å². The molecule has 0 aliphatic rings. The zero-order valence-electron chi connectivity index (χ0n) is 18.1. The molecule has 0 aliphatic carbocycles. The van der Waals surface area contributed by atoms with Crippen molar-refractivity contribution in [3.8, 4) is 0 Å². The standard InChI is InChI=1S/C21H27FN2O8/c1-4-31-17(26)11-15(21(30)32-5-2)18(20(28)29)24-19(27)16(23-12(3)25)10-13-6-8-14(22)9-7-13/h6-9,15-16,18H,4-5,10-11H2,1-3H3,(H,23,25)(H,24,27)(H,28,29)/t15-,16+,18+/m0/s1. The van der Waals surface area contributed by atoms with E-state index in [-0.39, 0.29) is 19.6 Å². The molecule has 0 saturated carbocycles. The van der Waals surface area contributed by atoms with Crippen molar-refractivity contribution in [3.63, 3.8) is 0 Å². The summed E-state index contributed by atoms with van der Waals surface area (Å²) in [5.74, 6) is -6.93. The van der Waals surface area contributed by atoms with Gasteiger partial charge in [-0.25, -0.2) is 9.18 Å². The minimum Gasteiger partial charge on any atom is -0.480 e. The summed E-state index contributed by atoms with van der Waals surface area (Å²) in [6.07, 6.45) is -0.702. The molecule has 32 heavy (non-hydrogen) atoms. The van der Waals surface area contributed by atoms with Crippen LogP contribution >= 0.6 is 0 Å². The fourth-order valence-electron chi connectivity index (χ4n) is 2.89. The van der Waals surface area contributed by atoms with Crippen molar-refractivity contribution in [1.29, 1.82) is 0 Å². The Morgan fingerprint density at radius 1 is 1.00 bits per heavy atom. The Bertz CT molecular complexity index is 828. The van der Waals surface area contributed by atoms with Crippen LogP contribution in [0.15, 0.2) is 24.3 Å². The van der Waals surface area contributed by atoms with E-state index in [1.807, 2.05) is 0 Å². The second-order valence-electron chi connectivity index (χ2n) is 6.78. The van der Waals surface area contributed by atoms with Crippen molar-refractivity contribution in [3.05, 3.63) is 35.6 Å². The monoisotopic (exact) mass is 454 g/mol. The van der Waals surface area contributed by atoms with Gasteiger partial charge in [0.15, 0.2) is 0 Å². The van der Waals surface area contributed by atoms with Crippen LogP contribution in [0.1, 0.15) is 32.8 Å². The van der Waals surface area contributed by atoms with Crippen molar-refractivity contribution in [1.82, 2.24) is 10.6 Å². The highest BCUT2D eigenvalue weighted by atomic mass is 19.1. The van der Waals surface area contributed by atoms with Gasteiger partial charge in [-0.2, -0.15) is 0 Å². The Hall–Kier alpha value is -3.50. The maximum atomic E-state index is 13.1. The van der Waals surface area contributed by atoms with Crippen molar-refractivity contribution in [2.75, 3.05) is 13.2 Å². The Balaban J connectivity index is 3.13. The lowest BCUT2D eigenvalue weighted by molar-refractivity contribution is -0.160. The Morgan fingerprint density at radius 3 is 2.09 bits per heavy atom. The first kappa shape index (κ1) is 26.5. The number of halogens is 1. The third-order valence-electron chi connectivity index (χ3n) is 4.29. The molecule has 0 heterocycles. The van der Waals surface area contributed by atoms with Crippen LogP contribution in [0.5, 0.6) is 0 Å². The van der Waals surface area contributed by atoms with Gasteiger partial charge >= 0.3 is 17.9 Å². The van der Waals surface area contributed by atoms with Crippen LogP contribution < -0.4 is 10.6 Å². The molecule has 0 aromatic heterocycles. The summed E-state index contributed by atoms with van der Waals surface area (Å²) < 4.78 is 22.8. The lowest BCUT2D eigenvalue weighted by atomic mass is 9.95. The predicted molar refractivity (Wildman–Crippen MR) is 109 cm³/mol. The second-order valence-corrected chi connectivity index (χ2v) is 6.78. The largest absolute Gasteiger partial charge is 0.480 e. The molecule has 0 saturated heterocycles. The molecule has 2 amide bonds. The van der Waals surface area contributed by atoms with Gasteiger partial charge < -0.3 is 25.2 Å². The lowest BCUT2D eigenvalue weighted by Gasteiger charge is -2.25. The van der Waals surface area contributed by atoms with Crippen molar-refractivity contribution < 1.29 is 42.9 Å². The van der Waals surface area contributed by atoms with Crippen LogP contribution in [-0.2, 0) is 39.9 Å². The summed E-state index contributed by atoms with van der Waals surface area (Å²) in [5.41, 5.74) is 0.501. The first-order valence-corrected chi connectivity index (χ1v) is 9.95. The molecule has 0 spiro atoms. The van der Waals surface area contributed by atoms with Crippen LogP contribution in [0.4, 0.5) is 4.39 Å². The molecule has 10 nitrogen and oxygen atoms in total. The molecule has 176 valence electrons. The quantitative estimate of drug-likeness (QED) is 0.388. The Kier molecular flexibility index (Phi) is 10.8. The fraction of sp³-hybridized carbons (Fsp3) is 0.476. The number of carboxylic acids is 1. The third-order valence-corrected chi connectivity index (χ3v) is 4.29. The number of hydrogen-bond acceptors (Lipinski definition) is 7. The maximum absolute atomic E-state index is 13.1. The van der Waals surface area contributed by atoms with E-state index < -0.39 is 60.0 Å². The molecule has 0 radical (unpaired) electrons. The Morgan fingerprint density at radius 2 is 1.59 bits per heavy atom. The van der Waals surface area contributed by atoms with Gasteiger partial charge in [0.2, 0.25) is 11.8 Å². The van der Waals surface area contributed by atoms with E-state index in [9.17, 15) is 33.5 Å². The average Bonchev–Trinajstić information content (AvgIpc) is 2.71. The molecule has 0 fully saturated rings. The lowest BCUT2D eigenvalue weighted by Crippen LogP contribution is -2.55. The molecule has 0 unspecified atom stereocenters. The molecule has 3 N–H and O–H groups in total. The summed E-state index contributed by atoms with van der Waals surface area (Å²) in [6, 6.07) is 2.13. The second kappa shape index (κ2) is 13.0. The zero-order chi connectivity index (χ0) is 24.3. The van der Waals surface area contributed by atoms with Gasteiger partial charge in [0.25, 0.3) is 0 Å². The van der Waals surface area contributed by atoms with Crippen LogP contribution in [0.2, 0.25) is 0 Å². The number of benzene rings is 1. The topological polar surface area (TPSA) is 148 Å². The van der Waals surface area contributed by atoms with Crippen LogP contribution in [0, 0.1) is 11.7 Å². The number of carboxylic acid groups (broad SMARTS) is 1. The molecule has 0 aliphatic heterocycles. The van der Waals surface area contributed by atoms with E-state index in [1.165, 1.54) is 38.1 Å². The molecule has 1 aromatic rings. The third kappa shape index (κ3) is 8.70. The number of rotatable bonds is 12. The molecular formula is C21H27FN2O8. The zero-order valence-corrected chi connectivity index (χ0v) is 18.1. The number of hydrogen-bond donors (Lipinski definition) is 3. The summed E-state index contributed by atoms with van der Waals surface area (Å²) >= 11 is 0. The number of carbonyl (C=O) groups excluding carboxylic acids is 4. The minimum absolute atomic E-state index is 0.0146. The fourth-order valence-corrected chi connectivity index (χ4v) is 2.89. The number of esters is 2. The number of amides is 2. The van der Waals surface area contributed by atoms with Crippen LogP contribution in [0.25, 0.3) is 0 Å². The van der Waals surface area contributed by atoms with Gasteiger partial charge in [-0.3, -0.25) is 19.2 Å². The first-order valence-electron chi connectivity index (χ1n) is 9.95. The molecular weight excluding hydrogens is 427 g/mol. The highest BCUT2D eigenvalue weighted by molar-refractivity contribution is 5.93. The predicted octanol–water partition coefficient (Wildman–Crippen LogP) is 0.575. The van der Waals surface area contributed by atoms with Crippen molar-refractivity contribution in [2.45, 2.75) is 45.7 Å². The molecule has 1 rings (SSSR count). The summed E-state index contributed by atoms with van der Waals surface area (Å²) in [7, 11) is 0. The summed E-state index contributed by atoms with van der Waals surface area (Å²) in [4.78, 5) is 60.5. The SMILES string of the molecule is CCOC(=O)C[C@H](C(=O)OCC)[C@@H](NC(=O)[C@@H](Cc1ccc(F)cc1)NC(C)=O)C(=O)O. The maximum Gasteiger partial charge on any atom is 0.327 e. The number of carbonyl (C=O) groups is 5. The number of ether oxygens (including phenoxy) is 2. The number of aliphatic carboxylic acids is 1. The molecule has 0 bridgehead atoms. The van der Waals surface area contributed by atoms with E-state index >= 15 is 0 Å². The van der Waals surface area contributed by atoms with E-state index in [4.69, 9.17) is 9.47 Å². The van der Waals surface area contributed by atoms with Crippen molar-refractivity contribution >= 4 is 29.7 Å². The first-order chi connectivity index (χ1) is 15.1. The normalized spacial score (nSPS) is 13.2. The number of nitrogens with one attached hydrogen (secondary N) is 2. The summed E-state index contributed by atoms with van der Waals surface area (Å²) in [6.45, 7) is 4.16. The van der Waals surface area contributed by atoms with E-state index in [0.29, 0.717) is 5.56 Å².